The van der Waals surface area contributed by atoms with Crippen LogP contribution >= 0.6 is 0 Å². The molecule has 1 amide bonds. The monoisotopic (exact) mass is 370 g/mol. The van der Waals surface area contributed by atoms with Crippen LogP contribution in [0.4, 0.5) is 4.39 Å². The van der Waals surface area contributed by atoms with E-state index in [4.69, 9.17) is 4.74 Å². The fraction of sp³-hybridized carbons (Fsp3) is 0.409. The van der Waals surface area contributed by atoms with Crippen molar-refractivity contribution in [2.75, 3.05) is 13.7 Å². The fourth-order valence-electron chi connectivity index (χ4n) is 3.54. The largest absolute Gasteiger partial charge is 0.497 e. The first-order chi connectivity index (χ1) is 13.1. The number of hydrazine groups is 1. The van der Waals surface area contributed by atoms with Crippen molar-refractivity contribution >= 4 is 5.91 Å². The zero-order valence-corrected chi connectivity index (χ0v) is 16.0. The molecule has 1 atom stereocenters. The second-order valence-electron chi connectivity index (χ2n) is 7.11. The minimum Gasteiger partial charge on any atom is -0.497 e. The Morgan fingerprint density at radius 2 is 1.78 bits per heavy atom. The Balaban J connectivity index is 1.78. The molecule has 0 aromatic heterocycles. The van der Waals surface area contributed by atoms with Gasteiger partial charge in [-0.2, -0.15) is 0 Å². The molecular formula is C22H27FN2O2. The van der Waals surface area contributed by atoms with Gasteiger partial charge in [0.05, 0.1) is 20.1 Å². The normalized spacial score (nSPS) is 17.5. The number of nitrogens with zero attached hydrogens (tertiary/aromatic N) is 2. The zero-order valence-electron chi connectivity index (χ0n) is 16.0. The van der Waals surface area contributed by atoms with E-state index in [1.165, 1.54) is 18.6 Å². The highest BCUT2D eigenvalue weighted by Gasteiger charge is 2.28. The second-order valence-corrected chi connectivity index (χ2v) is 7.11. The topological polar surface area (TPSA) is 32.8 Å². The first kappa shape index (κ1) is 19.4. The van der Waals surface area contributed by atoms with Gasteiger partial charge in [0, 0.05) is 12.6 Å². The maximum absolute atomic E-state index is 13.2. The molecule has 0 bridgehead atoms. The average molecular weight is 370 g/mol. The van der Waals surface area contributed by atoms with Crippen molar-refractivity contribution in [3.8, 4) is 5.75 Å². The highest BCUT2D eigenvalue weighted by Crippen LogP contribution is 2.22. The molecule has 0 aliphatic carbocycles. The third-order valence-corrected chi connectivity index (χ3v) is 5.13. The Morgan fingerprint density at radius 3 is 2.41 bits per heavy atom. The number of carbonyl (C=O) groups is 1. The lowest BCUT2D eigenvalue weighted by molar-refractivity contribution is -0.157. The number of benzene rings is 2. The maximum Gasteiger partial charge on any atom is 0.241 e. The van der Waals surface area contributed by atoms with Crippen molar-refractivity contribution < 1.29 is 13.9 Å². The summed E-state index contributed by atoms with van der Waals surface area (Å²) >= 11 is 0. The third-order valence-electron chi connectivity index (χ3n) is 5.13. The van der Waals surface area contributed by atoms with Crippen LogP contribution in [0.25, 0.3) is 0 Å². The van der Waals surface area contributed by atoms with Gasteiger partial charge in [0.1, 0.15) is 11.6 Å². The van der Waals surface area contributed by atoms with E-state index in [0.717, 1.165) is 36.3 Å². The molecule has 1 aliphatic heterocycles. The van der Waals surface area contributed by atoms with E-state index < -0.39 is 0 Å². The van der Waals surface area contributed by atoms with Gasteiger partial charge >= 0.3 is 0 Å². The molecule has 2 aromatic rings. The average Bonchev–Trinajstić information content (AvgIpc) is 2.69. The summed E-state index contributed by atoms with van der Waals surface area (Å²) in [6.45, 7) is 3.49. The van der Waals surface area contributed by atoms with Gasteiger partial charge in [0.15, 0.2) is 0 Å². The Bertz CT molecular complexity index is 746. The minimum atomic E-state index is -0.263. The van der Waals surface area contributed by atoms with Gasteiger partial charge in [-0.05, 0) is 55.2 Å². The van der Waals surface area contributed by atoms with Crippen molar-refractivity contribution in [2.24, 2.45) is 0 Å². The van der Waals surface area contributed by atoms with Crippen molar-refractivity contribution in [1.29, 1.82) is 0 Å². The number of piperidine rings is 1. The number of carbonyl (C=O) groups excluding carboxylic acids is 1. The summed E-state index contributed by atoms with van der Waals surface area (Å²) in [6.07, 6.45) is 3.68. The van der Waals surface area contributed by atoms with Crippen LogP contribution in [0.15, 0.2) is 48.5 Å². The number of halogens is 1. The lowest BCUT2D eigenvalue weighted by Gasteiger charge is -2.42. The van der Waals surface area contributed by atoms with Gasteiger partial charge in [0.2, 0.25) is 5.91 Å². The molecular weight excluding hydrogens is 343 g/mol. The molecule has 3 rings (SSSR count). The Kier molecular flexibility index (Phi) is 6.45. The molecule has 1 aliphatic rings. The zero-order chi connectivity index (χ0) is 19.2. The van der Waals surface area contributed by atoms with Gasteiger partial charge < -0.3 is 4.74 Å². The fourth-order valence-corrected chi connectivity index (χ4v) is 3.54. The first-order valence-corrected chi connectivity index (χ1v) is 9.51. The molecule has 4 nitrogen and oxygen atoms in total. The number of ether oxygens (including phenoxy) is 1. The van der Waals surface area contributed by atoms with Crippen LogP contribution in [0.1, 0.15) is 37.3 Å². The van der Waals surface area contributed by atoms with Crippen LogP contribution < -0.4 is 4.74 Å². The summed E-state index contributed by atoms with van der Waals surface area (Å²) in [7, 11) is 1.63. The molecule has 1 fully saturated rings. The van der Waals surface area contributed by atoms with Gasteiger partial charge in [-0.25, -0.2) is 9.40 Å². The van der Waals surface area contributed by atoms with E-state index in [1.807, 2.05) is 29.3 Å². The third kappa shape index (κ3) is 5.07. The summed E-state index contributed by atoms with van der Waals surface area (Å²) in [5, 5.41) is 4.03. The molecule has 144 valence electrons. The van der Waals surface area contributed by atoms with Crippen molar-refractivity contribution in [2.45, 2.75) is 45.2 Å². The maximum atomic E-state index is 13.2. The second kappa shape index (κ2) is 9.00. The van der Waals surface area contributed by atoms with E-state index >= 15 is 0 Å². The lowest BCUT2D eigenvalue weighted by Crippen LogP contribution is -2.52. The predicted molar refractivity (Wildman–Crippen MR) is 104 cm³/mol. The number of hydrogen-bond donors (Lipinski definition) is 0. The van der Waals surface area contributed by atoms with Crippen LogP contribution in [-0.2, 0) is 17.8 Å². The van der Waals surface area contributed by atoms with E-state index in [2.05, 4.69) is 11.9 Å². The molecule has 0 N–H and O–H groups in total. The smallest absolute Gasteiger partial charge is 0.241 e. The summed E-state index contributed by atoms with van der Waals surface area (Å²) < 4.78 is 18.4. The highest BCUT2D eigenvalue weighted by atomic mass is 19.1. The van der Waals surface area contributed by atoms with Crippen LogP contribution in [0.2, 0.25) is 0 Å². The molecule has 27 heavy (non-hydrogen) atoms. The molecule has 5 heteroatoms. The SMILES string of the molecule is COc1ccc(CC(=O)N(Cc2ccc(F)cc2)N2CCCCC2C)cc1. The van der Waals surface area contributed by atoms with E-state index in [9.17, 15) is 9.18 Å². The standard InChI is InChI=1S/C22H27FN2O2/c1-17-5-3-4-14-24(17)25(16-19-6-10-20(23)11-7-19)22(26)15-18-8-12-21(27-2)13-9-18/h6-13,17H,3-5,14-16H2,1-2H3. The Morgan fingerprint density at radius 1 is 1.11 bits per heavy atom. The number of amides is 1. The van der Waals surface area contributed by atoms with Crippen molar-refractivity contribution in [3.63, 3.8) is 0 Å². The quantitative estimate of drug-likeness (QED) is 0.764. The highest BCUT2D eigenvalue weighted by molar-refractivity contribution is 5.78. The molecule has 0 spiro atoms. The van der Waals surface area contributed by atoms with Crippen molar-refractivity contribution in [3.05, 3.63) is 65.5 Å². The number of methoxy groups -OCH3 is 1. The van der Waals surface area contributed by atoms with Gasteiger partial charge in [-0.15, -0.1) is 0 Å². The molecule has 2 aromatic carbocycles. The van der Waals surface area contributed by atoms with Gasteiger partial charge in [0.25, 0.3) is 0 Å². The molecule has 1 heterocycles. The van der Waals surface area contributed by atoms with E-state index in [1.54, 1.807) is 19.2 Å². The van der Waals surface area contributed by atoms with Crippen LogP contribution in [0.5, 0.6) is 5.75 Å². The lowest BCUT2D eigenvalue weighted by atomic mass is 10.1. The Hall–Kier alpha value is -2.40. The molecule has 1 unspecified atom stereocenters. The molecule has 0 saturated carbocycles. The Labute approximate surface area is 160 Å². The molecule has 1 saturated heterocycles. The van der Waals surface area contributed by atoms with Crippen LogP contribution in [0, 0.1) is 5.82 Å². The number of rotatable bonds is 6. The van der Waals surface area contributed by atoms with Crippen LogP contribution in [-0.4, -0.2) is 35.6 Å². The van der Waals surface area contributed by atoms with Crippen molar-refractivity contribution in [1.82, 2.24) is 10.0 Å². The summed E-state index contributed by atoms with van der Waals surface area (Å²) in [4.78, 5) is 13.2. The van der Waals surface area contributed by atoms with Gasteiger partial charge in [-0.3, -0.25) is 9.80 Å². The van der Waals surface area contributed by atoms with E-state index in [-0.39, 0.29) is 11.7 Å². The molecule has 0 radical (unpaired) electrons. The number of hydrogen-bond acceptors (Lipinski definition) is 3. The van der Waals surface area contributed by atoms with Crippen LogP contribution in [0.3, 0.4) is 0 Å². The summed E-state index contributed by atoms with van der Waals surface area (Å²) in [5.41, 5.74) is 1.88. The van der Waals surface area contributed by atoms with E-state index in [0.29, 0.717) is 19.0 Å². The predicted octanol–water partition coefficient (Wildman–Crippen LogP) is 4.20. The summed E-state index contributed by atoms with van der Waals surface area (Å²) in [5.74, 6) is 0.568. The van der Waals surface area contributed by atoms with Gasteiger partial charge in [-0.1, -0.05) is 30.7 Å². The first-order valence-electron chi connectivity index (χ1n) is 9.51. The summed E-state index contributed by atoms with van der Waals surface area (Å²) in [6, 6.07) is 14.3. The minimum absolute atomic E-state index is 0.0539.